The Hall–Kier alpha value is -2.30. The number of aromatic nitrogens is 1. The molecule has 2 aromatic carbocycles. The van der Waals surface area contributed by atoms with Crippen molar-refractivity contribution in [1.82, 2.24) is 10.0 Å². The quantitative estimate of drug-likeness (QED) is 0.299. The number of sulfonamides is 1. The molecule has 0 saturated carbocycles. The van der Waals surface area contributed by atoms with E-state index in [1.807, 2.05) is 36.5 Å². The van der Waals surface area contributed by atoms with Crippen molar-refractivity contribution in [3.63, 3.8) is 0 Å². The van der Waals surface area contributed by atoms with Crippen LogP contribution in [0.1, 0.15) is 12.0 Å². The number of pyridine rings is 1. The van der Waals surface area contributed by atoms with E-state index in [9.17, 15) is 13.6 Å². The Morgan fingerprint density at radius 2 is 1.81 bits per heavy atom. The summed E-state index contributed by atoms with van der Waals surface area (Å²) in [5.41, 5.74) is 4.65. The van der Waals surface area contributed by atoms with Crippen molar-refractivity contribution >= 4 is 38.3 Å². The molecule has 9 heteroatoms. The molecule has 0 saturated heterocycles. The van der Waals surface area contributed by atoms with Gasteiger partial charge < -0.3 is 0 Å². The smallest absolute Gasteiger partial charge is 0.238 e. The Morgan fingerprint density at radius 1 is 1.13 bits per heavy atom. The molecule has 0 unspecified atom stereocenters. The molecule has 1 heterocycles. The topological polar surface area (TPSA) is 96.5 Å². The molecular formula is C22H23N3O3S3. The van der Waals surface area contributed by atoms with Crippen LogP contribution in [0.15, 0.2) is 71.8 Å². The Balaban J connectivity index is 1.89. The minimum Gasteiger partial charge on any atom is -0.287 e. The van der Waals surface area contributed by atoms with Crippen LogP contribution < -0.4 is 5.14 Å². The molecule has 0 radical (unpaired) electrons. The molecule has 0 spiro atoms. The molecule has 3 rings (SSSR count). The largest absolute Gasteiger partial charge is 0.287 e. The maximum atomic E-state index is 11.6. The molecule has 31 heavy (non-hydrogen) atoms. The number of thiocarbonyl (C=S) groups is 1. The van der Waals surface area contributed by atoms with E-state index in [2.05, 4.69) is 6.07 Å². The lowest BCUT2D eigenvalue weighted by atomic mass is 9.97. The van der Waals surface area contributed by atoms with Gasteiger partial charge in [0, 0.05) is 30.1 Å². The molecule has 0 aliphatic heterocycles. The summed E-state index contributed by atoms with van der Waals surface area (Å²) in [7, 11) is -2.24. The number of thioether (sulfide) groups is 1. The van der Waals surface area contributed by atoms with Gasteiger partial charge >= 0.3 is 0 Å². The molecule has 0 bridgehead atoms. The van der Waals surface area contributed by atoms with E-state index in [1.165, 1.54) is 30.9 Å². The third-order valence-electron chi connectivity index (χ3n) is 4.58. The van der Waals surface area contributed by atoms with Crippen LogP contribution in [0.5, 0.6) is 0 Å². The monoisotopic (exact) mass is 473 g/mol. The highest BCUT2D eigenvalue weighted by Gasteiger charge is 2.13. The molecule has 3 N–H and O–H groups in total. The average Bonchev–Trinajstić information content (AvgIpc) is 2.76. The minimum absolute atomic E-state index is 0.0727. The fourth-order valence-corrected chi connectivity index (χ4v) is 4.46. The standard InChI is InChI=1S/C22H23N3O3S3/c1-25(26)22(29)30-13-5-6-16-14-20(17-9-11-19(12-10-17)31(23,27)28)21(24-15-16)18-7-3-2-4-8-18/h2-4,7-12,14-15,26H,5-6,13H2,1H3,(H2,23,27,28). The van der Waals surface area contributed by atoms with Gasteiger partial charge in [0.05, 0.1) is 10.6 Å². The minimum atomic E-state index is -3.75. The van der Waals surface area contributed by atoms with Crippen LogP contribution >= 0.6 is 24.0 Å². The normalized spacial score (nSPS) is 11.3. The zero-order chi connectivity index (χ0) is 22.4. The van der Waals surface area contributed by atoms with Gasteiger partial charge in [-0.2, -0.15) is 0 Å². The molecule has 162 valence electrons. The fraction of sp³-hybridized carbons (Fsp3) is 0.182. The first-order valence-electron chi connectivity index (χ1n) is 9.52. The van der Waals surface area contributed by atoms with Crippen LogP contribution in [-0.4, -0.2) is 40.8 Å². The summed E-state index contributed by atoms with van der Waals surface area (Å²) < 4.78 is 23.6. The highest BCUT2D eigenvalue weighted by atomic mass is 32.2. The zero-order valence-electron chi connectivity index (χ0n) is 16.9. The number of hydrogen-bond donors (Lipinski definition) is 2. The second kappa shape index (κ2) is 10.3. The fourth-order valence-electron chi connectivity index (χ4n) is 3.04. The van der Waals surface area contributed by atoms with Gasteiger partial charge in [-0.15, -0.1) is 0 Å². The van der Waals surface area contributed by atoms with E-state index in [4.69, 9.17) is 22.3 Å². The molecule has 0 fully saturated rings. The van der Waals surface area contributed by atoms with Gasteiger partial charge in [0.25, 0.3) is 0 Å². The van der Waals surface area contributed by atoms with Crippen LogP contribution in [-0.2, 0) is 16.4 Å². The maximum absolute atomic E-state index is 11.6. The number of primary sulfonamides is 1. The summed E-state index contributed by atoms with van der Waals surface area (Å²) in [6, 6.07) is 18.4. The molecule has 0 aliphatic carbocycles. The van der Waals surface area contributed by atoms with E-state index in [0.717, 1.165) is 51.6 Å². The first-order valence-corrected chi connectivity index (χ1v) is 12.5. The van der Waals surface area contributed by atoms with Crippen molar-refractivity contribution in [3.8, 4) is 22.4 Å². The molecular weight excluding hydrogens is 450 g/mol. The van der Waals surface area contributed by atoms with Gasteiger partial charge in [0.15, 0.2) is 4.32 Å². The summed E-state index contributed by atoms with van der Waals surface area (Å²) in [6.45, 7) is 0. The predicted octanol–water partition coefficient (Wildman–Crippen LogP) is 4.33. The van der Waals surface area contributed by atoms with Crippen LogP contribution in [0.25, 0.3) is 22.4 Å². The summed E-state index contributed by atoms with van der Waals surface area (Å²) >= 11 is 6.50. The Morgan fingerprint density at radius 3 is 2.42 bits per heavy atom. The third kappa shape index (κ3) is 6.34. The second-order valence-electron chi connectivity index (χ2n) is 6.92. The number of nitrogens with two attached hydrogens (primary N) is 1. The maximum Gasteiger partial charge on any atom is 0.238 e. The number of aryl methyl sites for hydroxylation is 1. The zero-order valence-corrected chi connectivity index (χ0v) is 19.4. The number of nitrogens with zero attached hydrogens (tertiary/aromatic N) is 2. The lowest BCUT2D eigenvalue weighted by molar-refractivity contribution is 0.0205. The molecule has 6 nitrogen and oxygen atoms in total. The summed E-state index contributed by atoms with van der Waals surface area (Å²) in [5, 5.41) is 15.5. The molecule has 1 aromatic heterocycles. The van der Waals surface area contributed by atoms with E-state index in [-0.39, 0.29) is 4.90 Å². The summed E-state index contributed by atoms with van der Waals surface area (Å²) in [4.78, 5) is 4.79. The van der Waals surface area contributed by atoms with Crippen LogP contribution in [0.4, 0.5) is 0 Å². The second-order valence-corrected chi connectivity index (χ2v) is 10.2. The lowest BCUT2D eigenvalue weighted by Gasteiger charge is -2.13. The van der Waals surface area contributed by atoms with Gasteiger partial charge in [0.2, 0.25) is 10.0 Å². The summed E-state index contributed by atoms with van der Waals surface area (Å²) in [6.07, 6.45) is 3.54. The Labute approximate surface area is 192 Å². The van der Waals surface area contributed by atoms with E-state index in [1.54, 1.807) is 12.1 Å². The molecule has 0 aliphatic rings. The molecule has 3 aromatic rings. The van der Waals surface area contributed by atoms with E-state index >= 15 is 0 Å². The van der Waals surface area contributed by atoms with E-state index in [0.29, 0.717) is 4.32 Å². The van der Waals surface area contributed by atoms with Crippen molar-refractivity contribution in [2.45, 2.75) is 17.7 Å². The van der Waals surface area contributed by atoms with Gasteiger partial charge in [-0.3, -0.25) is 10.2 Å². The Kier molecular flexibility index (Phi) is 7.79. The third-order valence-corrected chi connectivity index (χ3v) is 7.14. The number of benzene rings is 2. The van der Waals surface area contributed by atoms with Crippen molar-refractivity contribution in [2.24, 2.45) is 5.14 Å². The highest BCUT2D eigenvalue weighted by molar-refractivity contribution is 8.22. The van der Waals surface area contributed by atoms with Crippen molar-refractivity contribution in [1.29, 1.82) is 0 Å². The van der Waals surface area contributed by atoms with Gasteiger partial charge in [0.1, 0.15) is 0 Å². The number of rotatable bonds is 7. The van der Waals surface area contributed by atoms with Gasteiger partial charge in [-0.25, -0.2) is 18.6 Å². The SMILES string of the molecule is CN(O)C(=S)SCCCc1cnc(-c2ccccc2)c(-c2ccc(S(N)(=O)=O)cc2)c1. The van der Waals surface area contributed by atoms with Crippen LogP contribution in [0.3, 0.4) is 0 Å². The van der Waals surface area contributed by atoms with Crippen LogP contribution in [0.2, 0.25) is 0 Å². The van der Waals surface area contributed by atoms with Crippen molar-refractivity contribution in [3.05, 3.63) is 72.4 Å². The van der Waals surface area contributed by atoms with Crippen molar-refractivity contribution in [2.75, 3.05) is 12.8 Å². The predicted molar refractivity (Wildman–Crippen MR) is 129 cm³/mol. The lowest BCUT2D eigenvalue weighted by Crippen LogP contribution is -2.17. The molecule has 0 atom stereocenters. The van der Waals surface area contributed by atoms with Crippen LogP contribution in [0, 0.1) is 0 Å². The van der Waals surface area contributed by atoms with Gasteiger partial charge in [-0.1, -0.05) is 66.4 Å². The molecule has 0 amide bonds. The van der Waals surface area contributed by atoms with Crippen molar-refractivity contribution < 1.29 is 13.6 Å². The van der Waals surface area contributed by atoms with Gasteiger partial charge in [-0.05, 0) is 42.2 Å². The first kappa shape index (κ1) is 23.4. The van der Waals surface area contributed by atoms with E-state index < -0.39 is 10.0 Å². The first-order chi connectivity index (χ1) is 14.8. The highest BCUT2D eigenvalue weighted by Crippen LogP contribution is 2.32. The Bertz CT molecular complexity index is 1150. The number of hydroxylamine groups is 2. The number of hydrogen-bond acceptors (Lipinski definition) is 6. The average molecular weight is 474 g/mol. The summed E-state index contributed by atoms with van der Waals surface area (Å²) in [5.74, 6) is 0.780.